The van der Waals surface area contributed by atoms with Gasteiger partial charge in [-0.05, 0) is 0 Å². The Labute approximate surface area is 83.4 Å². The van der Waals surface area contributed by atoms with Gasteiger partial charge in [0.15, 0.2) is 0 Å². The first-order valence-corrected chi connectivity index (χ1v) is 3.53. The van der Waals surface area contributed by atoms with Crippen molar-refractivity contribution in [2.24, 2.45) is 5.73 Å². The van der Waals surface area contributed by atoms with E-state index in [-0.39, 0.29) is 0 Å². The normalized spacial score (nSPS) is 16.0. The van der Waals surface area contributed by atoms with Crippen LogP contribution in [0.2, 0.25) is 0 Å². The van der Waals surface area contributed by atoms with Gasteiger partial charge in [-0.1, -0.05) is 0 Å². The summed E-state index contributed by atoms with van der Waals surface area (Å²) in [4.78, 5) is 8.19. The monoisotopic (exact) mass is 258 g/mol. The summed E-state index contributed by atoms with van der Waals surface area (Å²) >= 11 is 0. The Morgan fingerprint density at radius 1 is 1.12 bits per heavy atom. The van der Waals surface area contributed by atoms with E-state index in [1.807, 2.05) is 0 Å². The summed E-state index contributed by atoms with van der Waals surface area (Å²) in [7, 11) is 0. The van der Waals surface area contributed by atoms with Crippen LogP contribution in [0.1, 0.15) is 0 Å². The van der Waals surface area contributed by atoms with Crippen molar-refractivity contribution in [2.45, 2.75) is 24.1 Å². The summed E-state index contributed by atoms with van der Waals surface area (Å²) in [5, 5.41) is 9.70. The molecule has 0 aromatic heterocycles. The van der Waals surface area contributed by atoms with Crippen LogP contribution in [0.15, 0.2) is 0 Å². The summed E-state index contributed by atoms with van der Waals surface area (Å²) in [5.74, 6) is -12.2. The fraction of sp³-hybridized carbons (Fsp3) is 1.00. The van der Waals surface area contributed by atoms with Crippen molar-refractivity contribution in [2.75, 3.05) is 6.54 Å². The number of rotatable bonds is 4. The quantitative estimate of drug-likeness (QED) is 0.471. The summed E-state index contributed by atoms with van der Waals surface area (Å²) in [6.07, 6.45) is -6.54. The molecule has 0 amide bonds. The molecule has 0 heterocycles. The maximum atomic E-state index is 12.6. The molecule has 0 aliphatic rings. The van der Waals surface area contributed by atoms with E-state index in [0.29, 0.717) is 0 Å². The van der Waals surface area contributed by atoms with Crippen LogP contribution in [0, 0.1) is 10.1 Å². The smallest absolute Gasteiger partial charge is 0.317 e. The first-order valence-electron chi connectivity index (χ1n) is 3.53. The van der Waals surface area contributed by atoms with Gasteiger partial charge in [0.2, 0.25) is 6.54 Å². The molecule has 0 saturated heterocycles. The molecule has 0 aliphatic carbocycles. The maximum Gasteiger partial charge on any atom is 0.459 e. The van der Waals surface area contributed by atoms with Crippen molar-refractivity contribution in [1.82, 2.24) is 0 Å². The molecule has 11 heteroatoms. The molecule has 96 valence electrons. The standard InChI is InChI=1S/C5H5F7N2O2/c6-3(7,2(13)1-14(15)16)4(8,9)5(10,11)12/h2H,1,13H2. The van der Waals surface area contributed by atoms with E-state index in [1.165, 1.54) is 0 Å². The highest BCUT2D eigenvalue weighted by Gasteiger charge is 2.75. The predicted octanol–water partition coefficient (Wildman–Crippen LogP) is 1.42. The molecule has 0 aliphatic heterocycles. The lowest BCUT2D eigenvalue weighted by atomic mass is 10.0. The van der Waals surface area contributed by atoms with Crippen molar-refractivity contribution in [3.8, 4) is 0 Å². The molecule has 4 nitrogen and oxygen atoms in total. The molecule has 0 spiro atoms. The maximum absolute atomic E-state index is 12.6. The molecule has 0 bridgehead atoms. The van der Waals surface area contributed by atoms with Gasteiger partial charge >= 0.3 is 18.0 Å². The first-order chi connectivity index (χ1) is 6.84. The lowest BCUT2D eigenvalue weighted by molar-refractivity contribution is -0.492. The zero-order chi connectivity index (χ0) is 13.4. The second-order valence-electron chi connectivity index (χ2n) is 2.82. The topological polar surface area (TPSA) is 69.2 Å². The first kappa shape index (κ1) is 14.9. The van der Waals surface area contributed by atoms with E-state index in [4.69, 9.17) is 0 Å². The van der Waals surface area contributed by atoms with Crippen LogP contribution in [0.5, 0.6) is 0 Å². The summed E-state index contributed by atoms with van der Waals surface area (Å²) in [5.41, 5.74) is 4.26. The van der Waals surface area contributed by atoms with Gasteiger partial charge in [0.1, 0.15) is 6.04 Å². The van der Waals surface area contributed by atoms with Crippen LogP contribution in [0.3, 0.4) is 0 Å². The molecular weight excluding hydrogens is 253 g/mol. The SMILES string of the molecule is NC(C[N+](=O)[O-])C(F)(F)C(F)(F)C(F)(F)F. The minimum atomic E-state index is -6.54. The molecule has 2 N–H and O–H groups in total. The Bertz CT molecular complexity index is 276. The van der Waals surface area contributed by atoms with E-state index in [0.717, 1.165) is 0 Å². The highest BCUT2D eigenvalue weighted by atomic mass is 19.4. The fourth-order valence-corrected chi connectivity index (χ4v) is 0.697. The van der Waals surface area contributed by atoms with Gasteiger partial charge in [-0.15, -0.1) is 0 Å². The van der Waals surface area contributed by atoms with Gasteiger partial charge in [0.05, 0.1) is 0 Å². The molecule has 1 unspecified atom stereocenters. The Kier molecular flexibility index (Phi) is 3.75. The molecule has 0 rings (SSSR count). The van der Waals surface area contributed by atoms with E-state index in [1.54, 1.807) is 0 Å². The second kappa shape index (κ2) is 4.03. The minimum Gasteiger partial charge on any atom is -0.317 e. The predicted molar refractivity (Wildman–Crippen MR) is 35.8 cm³/mol. The van der Waals surface area contributed by atoms with Gasteiger partial charge in [-0.25, -0.2) is 0 Å². The van der Waals surface area contributed by atoms with E-state index < -0.39 is 35.5 Å². The average Bonchev–Trinajstić information content (AvgIpc) is 2.00. The van der Waals surface area contributed by atoms with Crippen LogP contribution in [0.4, 0.5) is 30.7 Å². The van der Waals surface area contributed by atoms with Crippen molar-refractivity contribution < 1.29 is 35.7 Å². The van der Waals surface area contributed by atoms with Crippen LogP contribution >= 0.6 is 0 Å². The van der Waals surface area contributed by atoms with Gasteiger partial charge < -0.3 is 5.73 Å². The van der Waals surface area contributed by atoms with Gasteiger partial charge in [-0.2, -0.15) is 30.7 Å². The number of nitrogens with zero attached hydrogens (tertiary/aromatic N) is 1. The van der Waals surface area contributed by atoms with Crippen LogP contribution in [-0.4, -0.2) is 35.5 Å². The zero-order valence-electron chi connectivity index (χ0n) is 7.27. The number of nitrogens with two attached hydrogens (primary N) is 1. The summed E-state index contributed by atoms with van der Waals surface area (Å²) < 4.78 is 84.3. The number of nitro groups is 1. The van der Waals surface area contributed by atoms with E-state index in [2.05, 4.69) is 5.73 Å². The Morgan fingerprint density at radius 2 is 1.50 bits per heavy atom. The van der Waals surface area contributed by atoms with Crippen LogP contribution in [0.25, 0.3) is 0 Å². The van der Waals surface area contributed by atoms with Crippen LogP contribution < -0.4 is 5.73 Å². The number of halogens is 7. The number of alkyl halides is 7. The minimum absolute atomic E-state index is 1.51. The highest BCUT2D eigenvalue weighted by Crippen LogP contribution is 2.47. The van der Waals surface area contributed by atoms with E-state index >= 15 is 0 Å². The Balaban J connectivity index is 5.11. The number of hydrogen-bond donors (Lipinski definition) is 1. The van der Waals surface area contributed by atoms with E-state index in [9.17, 15) is 40.8 Å². The lowest BCUT2D eigenvalue weighted by Crippen LogP contribution is -2.62. The van der Waals surface area contributed by atoms with Crippen molar-refractivity contribution in [3.05, 3.63) is 10.1 Å². The third-order valence-electron chi connectivity index (χ3n) is 1.59. The molecular formula is C5H5F7N2O2. The second-order valence-corrected chi connectivity index (χ2v) is 2.82. The zero-order valence-corrected chi connectivity index (χ0v) is 7.27. The molecule has 16 heavy (non-hydrogen) atoms. The molecule has 0 aromatic rings. The molecule has 1 atom stereocenters. The molecule has 0 aromatic carbocycles. The largest absolute Gasteiger partial charge is 0.459 e. The fourth-order valence-electron chi connectivity index (χ4n) is 0.697. The van der Waals surface area contributed by atoms with Gasteiger partial charge in [0, 0.05) is 4.92 Å². The molecule has 0 radical (unpaired) electrons. The third-order valence-corrected chi connectivity index (χ3v) is 1.59. The van der Waals surface area contributed by atoms with Gasteiger partial charge in [-0.3, -0.25) is 10.1 Å². The Hall–Kier alpha value is -1.13. The highest BCUT2D eigenvalue weighted by molar-refractivity contribution is 4.97. The average molecular weight is 258 g/mol. The third kappa shape index (κ3) is 2.51. The van der Waals surface area contributed by atoms with Crippen molar-refractivity contribution in [1.29, 1.82) is 0 Å². The Morgan fingerprint density at radius 3 is 1.75 bits per heavy atom. The molecule has 0 fully saturated rings. The molecule has 0 saturated carbocycles. The summed E-state index contributed by atoms with van der Waals surface area (Å²) in [6, 6.07) is -3.24. The van der Waals surface area contributed by atoms with Crippen molar-refractivity contribution in [3.63, 3.8) is 0 Å². The van der Waals surface area contributed by atoms with Gasteiger partial charge in [0.25, 0.3) is 0 Å². The van der Waals surface area contributed by atoms with Crippen LogP contribution in [-0.2, 0) is 0 Å². The lowest BCUT2D eigenvalue weighted by Gasteiger charge is -2.30. The van der Waals surface area contributed by atoms with Crippen molar-refractivity contribution >= 4 is 0 Å². The summed E-state index contributed by atoms with van der Waals surface area (Å²) in [6.45, 7) is -1.90. The number of hydrogen-bond acceptors (Lipinski definition) is 3.